The predicted molar refractivity (Wildman–Crippen MR) is 65.1 cm³/mol. The van der Waals surface area contributed by atoms with Gasteiger partial charge in [-0.1, -0.05) is 0 Å². The summed E-state index contributed by atoms with van der Waals surface area (Å²) in [6.07, 6.45) is 2.56. The molecule has 1 heterocycles. The lowest BCUT2D eigenvalue weighted by Gasteiger charge is -2.06. The predicted octanol–water partition coefficient (Wildman–Crippen LogP) is 2.52. The second-order valence-corrected chi connectivity index (χ2v) is 4.32. The number of benzene rings is 1. The molecule has 2 rings (SSSR count). The molecule has 0 saturated heterocycles. The van der Waals surface area contributed by atoms with Crippen molar-refractivity contribution in [1.29, 1.82) is 0 Å². The Bertz CT molecular complexity index is 456. The van der Waals surface area contributed by atoms with Gasteiger partial charge in [-0.05, 0) is 18.2 Å². The van der Waals surface area contributed by atoms with Gasteiger partial charge >= 0.3 is 0 Å². The average Bonchev–Trinajstić information content (AvgIpc) is 2.74. The van der Waals surface area contributed by atoms with Crippen LogP contribution in [0.15, 0.2) is 29.8 Å². The van der Waals surface area contributed by atoms with Gasteiger partial charge in [-0.3, -0.25) is 0 Å². The number of nitrogens with two attached hydrogens (primary N) is 1. The van der Waals surface area contributed by atoms with Crippen LogP contribution in [0.5, 0.6) is 0 Å². The van der Waals surface area contributed by atoms with Crippen molar-refractivity contribution in [3.05, 3.63) is 40.6 Å². The fraction of sp³-hybridized carbons (Fsp3) is 0.182. The summed E-state index contributed by atoms with van der Waals surface area (Å²) >= 11 is 1.60. The number of hydrogen-bond donors (Lipinski definition) is 2. The van der Waals surface area contributed by atoms with Crippen molar-refractivity contribution in [2.24, 2.45) is 0 Å². The molecule has 0 atom stereocenters. The molecule has 0 bridgehead atoms. The monoisotopic (exact) mass is 237 g/mol. The Morgan fingerprint density at radius 1 is 1.44 bits per heavy atom. The molecule has 0 radical (unpaired) electrons. The molecule has 3 N–H and O–H groups in total. The largest absolute Gasteiger partial charge is 0.399 e. The summed E-state index contributed by atoms with van der Waals surface area (Å²) in [5.41, 5.74) is 6.37. The first kappa shape index (κ1) is 10.9. The molecule has 3 nitrogen and oxygen atoms in total. The number of hydrogen-bond acceptors (Lipinski definition) is 4. The molecule has 0 aliphatic heterocycles. The molecule has 0 fully saturated rings. The topological polar surface area (TPSA) is 50.9 Å². The Morgan fingerprint density at radius 2 is 2.31 bits per heavy atom. The van der Waals surface area contributed by atoms with Crippen LogP contribution in [0.25, 0.3) is 0 Å². The van der Waals surface area contributed by atoms with Gasteiger partial charge in [0.15, 0.2) is 0 Å². The third kappa shape index (κ3) is 2.70. The molecular formula is C11H12FN3S. The number of thiazole rings is 1. The number of aromatic nitrogens is 1. The number of nitrogen functional groups attached to an aromatic ring is 1. The summed E-state index contributed by atoms with van der Waals surface area (Å²) in [6.45, 7) is 0.661. The van der Waals surface area contributed by atoms with Crippen molar-refractivity contribution in [2.75, 3.05) is 17.6 Å². The Labute approximate surface area is 97.1 Å². The van der Waals surface area contributed by atoms with E-state index in [2.05, 4.69) is 10.3 Å². The zero-order chi connectivity index (χ0) is 11.4. The zero-order valence-corrected chi connectivity index (χ0v) is 9.43. The maximum atomic E-state index is 13.4. The van der Waals surface area contributed by atoms with E-state index in [9.17, 15) is 4.39 Å². The van der Waals surface area contributed by atoms with Crippen LogP contribution in [0.4, 0.5) is 15.8 Å². The molecule has 1 aromatic carbocycles. The van der Waals surface area contributed by atoms with Crippen LogP contribution < -0.4 is 11.1 Å². The molecule has 0 aliphatic rings. The highest BCUT2D eigenvalue weighted by Crippen LogP contribution is 2.16. The highest BCUT2D eigenvalue weighted by atomic mass is 32.1. The van der Waals surface area contributed by atoms with E-state index in [0.29, 0.717) is 17.9 Å². The van der Waals surface area contributed by atoms with Crippen LogP contribution in [-0.4, -0.2) is 11.5 Å². The Balaban J connectivity index is 1.90. The molecule has 0 spiro atoms. The van der Waals surface area contributed by atoms with Crippen molar-refractivity contribution in [3.63, 3.8) is 0 Å². The van der Waals surface area contributed by atoms with Crippen LogP contribution in [0.3, 0.4) is 0 Å². The molecule has 0 aliphatic carbocycles. The number of rotatable bonds is 4. The number of nitrogens with one attached hydrogen (secondary N) is 1. The van der Waals surface area contributed by atoms with E-state index < -0.39 is 0 Å². The van der Waals surface area contributed by atoms with Gasteiger partial charge in [-0.15, -0.1) is 11.3 Å². The van der Waals surface area contributed by atoms with Crippen molar-refractivity contribution >= 4 is 22.7 Å². The van der Waals surface area contributed by atoms with E-state index in [1.54, 1.807) is 29.7 Å². The highest BCUT2D eigenvalue weighted by Gasteiger charge is 2.02. The Hall–Kier alpha value is -1.62. The van der Waals surface area contributed by atoms with E-state index in [0.717, 1.165) is 11.4 Å². The van der Waals surface area contributed by atoms with E-state index in [4.69, 9.17) is 5.73 Å². The maximum Gasteiger partial charge on any atom is 0.148 e. The van der Waals surface area contributed by atoms with Crippen LogP contribution in [-0.2, 0) is 6.42 Å². The summed E-state index contributed by atoms with van der Waals surface area (Å²) in [5, 5.41) is 5.99. The fourth-order valence-corrected chi connectivity index (χ4v) is 1.98. The van der Waals surface area contributed by atoms with E-state index in [-0.39, 0.29) is 5.82 Å². The molecule has 1 aromatic heterocycles. The van der Waals surface area contributed by atoms with Crippen LogP contribution in [0.2, 0.25) is 0 Å². The Kier molecular flexibility index (Phi) is 3.36. The Morgan fingerprint density at radius 3 is 3.00 bits per heavy atom. The van der Waals surface area contributed by atoms with Crippen molar-refractivity contribution in [3.8, 4) is 0 Å². The first-order chi connectivity index (χ1) is 7.75. The van der Waals surface area contributed by atoms with E-state index in [1.165, 1.54) is 6.07 Å². The number of anilines is 2. The van der Waals surface area contributed by atoms with Gasteiger partial charge in [-0.25, -0.2) is 9.37 Å². The maximum absolute atomic E-state index is 13.4. The molecule has 16 heavy (non-hydrogen) atoms. The van der Waals surface area contributed by atoms with Gasteiger partial charge in [-0.2, -0.15) is 0 Å². The SMILES string of the molecule is Nc1ccc(NCCc2nccs2)c(F)c1. The second kappa shape index (κ2) is 4.94. The summed E-state index contributed by atoms with van der Waals surface area (Å²) in [7, 11) is 0. The van der Waals surface area contributed by atoms with Gasteiger partial charge in [0.25, 0.3) is 0 Å². The lowest BCUT2D eigenvalue weighted by atomic mass is 10.2. The van der Waals surface area contributed by atoms with Gasteiger partial charge in [0, 0.05) is 30.2 Å². The molecular weight excluding hydrogens is 225 g/mol. The van der Waals surface area contributed by atoms with Crippen molar-refractivity contribution in [1.82, 2.24) is 4.98 Å². The summed E-state index contributed by atoms with van der Waals surface area (Å²) in [4.78, 5) is 4.15. The second-order valence-electron chi connectivity index (χ2n) is 3.34. The number of halogens is 1. The highest BCUT2D eigenvalue weighted by molar-refractivity contribution is 7.09. The lowest BCUT2D eigenvalue weighted by Crippen LogP contribution is -2.06. The molecule has 0 unspecified atom stereocenters. The number of nitrogens with zero attached hydrogens (tertiary/aromatic N) is 1. The normalized spacial score (nSPS) is 10.3. The van der Waals surface area contributed by atoms with Crippen molar-refractivity contribution in [2.45, 2.75) is 6.42 Å². The van der Waals surface area contributed by atoms with Crippen LogP contribution in [0.1, 0.15) is 5.01 Å². The third-order valence-electron chi connectivity index (χ3n) is 2.13. The minimum atomic E-state index is -0.320. The lowest BCUT2D eigenvalue weighted by molar-refractivity contribution is 0.630. The first-order valence-corrected chi connectivity index (χ1v) is 5.81. The van der Waals surface area contributed by atoms with E-state index in [1.807, 2.05) is 5.38 Å². The average molecular weight is 237 g/mol. The van der Waals surface area contributed by atoms with E-state index >= 15 is 0 Å². The summed E-state index contributed by atoms with van der Waals surface area (Å²) in [5.74, 6) is -0.320. The van der Waals surface area contributed by atoms with Crippen LogP contribution in [0, 0.1) is 5.82 Å². The molecule has 2 aromatic rings. The zero-order valence-electron chi connectivity index (χ0n) is 8.61. The summed E-state index contributed by atoms with van der Waals surface area (Å²) < 4.78 is 13.4. The van der Waals surface area contributed by atoms with Gasteiger partial charge in [0.1, 0.15) is 5.82 Å². The molecule has 0 saturated carbocycles. The van der Waals surface area contributed by atoms with Gasteiger partial charge in [0.05, 0.1) is 10.7 Å². The van der Waals surface area contributed by atoms with Gasteiger partial charge in [0.2, 0.25) is 0 Å². The molecule has 0 amide bonds. The molecule has 5 heteroatoms. The quantitative estimate of drug-likeness (QED) is 0.803. The minimum Gasteiger partial charge on any atom is -0.399 e. The smallest absolute Gasteiger partial charge is 0.148 e. The fourth-order valence-electron chi connectivity index (χ4n) is 1.36. The first-order valence-electron chi connectivity index (χ1n) is 4.93. The minimum absolute atomic E-state index is 0.320. The van der Waals surface area contributed by atoms with Crippen molar-refractivity contribution < 1.29 is 4.39 Å². The summed E-state index contributed by atoms with van der Waals surface area (Å²) in [6, 6.07) is 4.63. The molecule has 84 valence electrons. The van der Waals surface area contributed by atoms with Gasteiger partial charge < -0.3 is 11.1 Å². The standard InChI is InChI=1S/C11H12FN3S/c12-9-7-8(13)1-2-10(9)14-4-3-11-15-5-6-16-11/h1-2,5-7,14H,3-4,13H2. The third-order valence-corrected chi connectivity index (χ3v) is 2.97. The van der Waals surface area contributed by atoms with Crippen LogP contribution >= 0.6 is 11.3 Å².